The summed E-state index contributed by atoms with van der Waals surface area (Å²) in [5, 5.41) is 2.79. The maximum atomic E-state index is 10.7. The van der Waals surface area contributed by atoms with Crippen molar-refractivity contribution in [2.75, 3.05) is 24.5 Å². The number of nitrogens with one attached hydrogen (secondary N) is 1. The summed E-state index contributed by atoms with van der Waals surface area (Å²) in [4.78, 5) is 13.2. The van der Waals surface area contributed by atoms with Crippen molar-refractivity contribution < 1.29 is 4.79 Å². The molecule has 1 aromatic carbocycles. The van der Waals surface area contributed by atoms with Gasteiger partial charge >= 0.3 is 0 Å². The number of carbonyl (C=O) groups excluding carboxylic acids is 1. The summed E-state index contributed by atoms with van der Waals surface area (Å²) in [5.74, 6) is 0.0319. The molecule has 0 aliphatic carbocycles. The number of nitrogens with zero attached hydrogens (tertiary/aromatic N) is 1. The Morgan fingerprint density at radius 2 is 2.16 bits per heavy atom. The average Bonchev–Trinajstić information content (AvgIpc) is 2.92. The second-order valence-electron chi connectivity index (χ2n) is 4.96. The lowest BCUT2D eigenvalue weighted by Crippen LogP contribution is -2.20. The van der Waals surface area contributed by atoms with Crippen LogP contribution in [0.1, 0.15) is 31.7 Å². The van der Waals surface area contributed by atoms with Gasteiger partial charge in [0.1, 0.15) is 0 Å². The fourth-order valence-corrected chi connectivity index (χ4v) is 2.35. The molecule has 3 nitrogen and oxygen atoms in total. The summed E-state index contributed by atoms with van der Waals surface area (Å²) in [6.45, 7) is 4.60. The van der Waals surface area contributed by atoms with Crippen LogP contribution >= 0.6 is 0 Å². The van der Waals surface area contributed by atoms with Gasteiger partial charge in [0.05, 0.1) is 0 Å². The van der Waals surface area contributed by atoms with Crippen LogP contribution in [0.25, 0.3) is 6.08 Å². The van der Waals surface area contributed by atoms with Gasteiger partial charge in [0, 0.05) is 32.2 Å². The van der Waals surface area contributed by atoms with Crippen molar-refractivity contribution in [1.82, 2.24) is 5.32 Å². The lowest BCUT2D eigenvalue weighted by Gasteiger charge is -2.17. The molecule has 0 spiro atoms. The average molecular weight is 258 g/mol. The number of rotatable bonds is 5. The zero-order valence-corrected chi connectivity index (χ0v) is 11.6. The van der Waals surface area contributed by atoms with Crippen LogP contribution in [-0.4, -0.2) is 25.5 Å². The first kappa shape index (κ1) is 13.7. The monoisotopic (exact) mass is 258 g/mol. The first-order valence-corrected chi connectivity index (χ1v) is 7.02. The quantitative estimate of drug-likeness (QED) is 0.824. The fraction of sp³-hybridized carbons (Fsp3) is 0.438. The van der Waals surface area contributed by atoms with E-state index in [4.69, 9.17) is 0 Å². The topological polar surface area (TPSA) is 32.3 Å². The molecule has 0 bridgehead atoms. The molecule has 0 saturated carbocycles. The van der Waals surface area contributed by atoms with E-state index in [2.05, 4.69) is 46.6 Å². The first-order chi connectivity index (χ1) is 9.25. The highest BCUT2D eigenvalue weighted by atomic mass is 16.1. The van der Waals surface area contributed by atoms with Crippen LogP contribution in [-0.2, 0) is 4.79 Å². The van der Waals surface area contributed by atoms with Crippen LogP contribution in [0.4, 0.5) is 5.69 Å². The molecule has 1 aliphatic rings. The number of carbonyl (C=O) groups is 1. The van der Waals surface area contributed by atoms with E-state index < -0.39 is 0 Å². The van der Waals surface area contributed by atoms with Crippen molar-refractivity contribution >= 4 is 17.7 Å². The molecule has 2 rings (SSSR count). The first-order valence-electron chi connectivity index (χ1n) is 7.02. The predicted octanol–water partition coefficient (Wildman–Crippen LogP) is 2.83. The number of hydrogen-bond acceptors (Lipinski definition) is 2. The summed E-state index contributed by atoms with van der Waals surface area (Å²) in [6.07, 6.45) is 7.71. The summed E-state index contributed by atoms with van der Waals surface area (Å²) in [6, 6.07) is 8.65. The van der Waals surface area contributed by atoms with Crippen LogP contribution in [0.15, 0.2) is 30.3 Å². The van der Waals surface area contributed by atoms with Crippen LogP contribution in [0.2, 0.25) is 0 Å². The van der Waals surface area contributed by atoms with Gasteiger partial charge in [-0.1, -0.05) is 24.3 Å². The van der Waals surface area contributed by atoms with E-state index in [0.29, 0.717) is 6.54 Å². The van der Waals surface area contributed by atoms with Gasteiger partial charge in [-0.25, -0.2) is 0 Å². The number of amides is 1. The minimum atomic E-state index is 0.0319. The molecule has 1 saturated heterocycles. The molecule has 1 aromatic rings. The lowest BCUT2D eigenvalue weighted by atomic mass is 10.1. The van der Waals surface area contributed by atoms with Crippen molar-refractivity contribution in [3.8, 4) is 0 Å². The summed E-state index contributed by atoms with van der Waals surface area (Å²) >= 11 is 0. The van der Waals surface area contributed by atoms with Gasteiger partial charge in [0.2, 0.25) is 5.91 Å². The zero-order chi connectivity index (χ0) is 13.5. The summed E-state index contributed by atoms with van der Waals surface area (Å²) < 4.78 is 0. The Bertz CT molecular complexity index is 448. The molecule has 3 heteroatoms. The predicted molar refractivity (Wildman–Crippen MR) is 80.2 cm³/mol. The van der Waals surface area contributed by atoms with Crippen molar-refractivity contribution in [1.29, 1.82) is 0 Å². The Labute approximate surface area is 115 Å². The van der Waals surface area contributed by atoms with E-state index in [1.54, 1.807) is 6.92 Å². The molecular weight excluding hydrogens is 236 g/mol. The standard InChI is InChI=1S/C16H22N2O/c1-14(19)17-10-3-2-7-15-8-6-9-16(13-15)18-11-4-5-12-18/h2,6-9,13H,3-5,10-12H2,1H3,(H,17,19). The Balaban J connectivity index is 1.87. The van der Waals surface area contributed by atoms with E-state index in [-0.39, 0.29) is 5.91 Å². The minimum Gasteiger partial charge on any atom is -0.372 e. The van der Waals surface area contributed by atoms with Crippen LogP contribution in [0.5, 0.6) is 0 Å². The molecule has 0 aromatic heterocycles. The second kappa shape index (κ2) is 6.98. The molecule has 1 aliphatic heterocycles. The maximum Gasteiger partial charge on any atom is 0.216 e. The van der Waals surface area contributed by atoms with Crippen molar-refractivity contribution in [3.05, 3.63) is 35.9 Å². The van der Waals surface area contributed by atoms with Gasteiger partial charge in [-0.3, -0.25) is 4.79 Å². The molecule has 0 unspecified atom stereocenters. The summed E-state index contributed by atoms with van der Waals surface area (Å²) in [5.41, 5.74) is 2.55. The molecular formula is C16H22N2O. The molecule has 102 valence electrons. The van der Waals surface area contributed by atoms with E-state index >= 15 is 0 Å². The van der Waals surface area contributed by atoms with Crippen molar-refractivity contribution in [2.24, 2.45) is 0 Å². The highest BCUT2D eigenvalue weighted by Crippen LogP contribution is 2.21. The van der Waals surface area contributed by atoms with Crippen LogP contribution in [0, 0.1) is 0 Å². The third kappa shape index (κ3) is 4.43. The van der Waals surface area contributed by atoms with Crippen molar-refractivity contribution in [3.63, 3.8) is 0 Å². The minimum absolute atomic E-state index is 0.0319. The Morgan fingerprint density at radius 3 is 2.89 bits per heavy atom. The highest BCUT2D eigenvalue weighted by molar-refractivity contribution is 5.72. The van der Waals surface area contributed by atoms with E-state index in [9.17, 15) is 4.79 Å². The molecule has 1 fully saturated rings. The van der Waals surface area contributed by atoms with Gasteiger partial charge in [-0.05, 0) is 37.0 Å². The number of anilines is 1. The summed E-state index contributed by atoms with van der Waals surface area (Å²) in [7, 11) is 0. The SMILES string of the molecule is CC(=O)NCCC=Cc1cccc(N2CCCC2)c1. The van der Waals surface area contributed by atoms with Gasteiger partial charge in [0.15, 0.2) is 0 Å². The molecule has 1 N–H and O–H groups in total. The van der Waals surface area contributed by atoms with E-state index in [1.165, 1.54) is 37.2 Å². The fourth-order valence-electron chi connectivity index (χ4n) is 2.35. The largest absolute Gasteiger partial charge is 0.372 e. The number of hydrogen-bond donors (Lipinski definition) is 1. The van der Waals surface area contributed by atoms with Crippen LogP contribution in [0.3, 0.4) is 0 Å². The Morgan fingerprint density at radius 1 is 1.37 bits per heavy atom. The van der Waals surface area contributed by atoms with E-state index in [0.717, 1.165) is 6.42 Å². The highest BCUT2D eigenvalue weighted by Gasteiger charge is 2.11. The zero-order valence-electron chi connectivity index (χ0n) is 11.6. The molecule has 1 amide bonds. The van der Waals surface area contributed by atoms with Crippen molar-refractivity contribution in [2.45, 2.75) is 26.2 Å². The van der Waals surface area contributed by atoms with E-state index in [1.807, 2.05) is 0 Å². The molecule has 1 heterocycles. The lowest BCUT2D eigenvalue weighted by molar-refractivity contribution is -0.118. The third-order valence-electron chi connectivity index (χ3n) is 3.34. The third-order valence-corrected chi connectivity index (χ3v) is 3.34. The number of benzene rings is 1. The molecule has 0 radical (unpaired) electrons. The van der Waals surface area contributed by atoms with Gasteiger partial charge in [0.25, 0.3) is 0 Å². The molecule has 0 atom stereocenters. The normalized spacial score (nSPS) is 15.1. The van der Waals surface area contributed by atoms with Gasteiger partial charge in [-0.2, -0.15) is 0 Å². The van der Waals surface area contributed by atoms with Gasteiger partial charge < -0.3 is 10.2 Å². The molecule has 19 heavy (non-hydrogen) atoms. The Hall–Kier alpha value is -1.77. The smallest absolute Gasteiger partial charge is 0.216 e. The van der Waals surface area contributed by atoms with Gasteiger partial charge in [-0.15, -0.1) is 0 Å². The maximum absolute atomic E-state index is 10.7. The van der Waals surface area contributed by atoms with Crippen LogP contribution < -0.4 is 10.2 Å². The Kier molecular flexibility index (Phi) is 5.01. The second-order valence-corrected chi connectivity index (χ2v) is 4.96.